The van der Waals surface area contributed by atoms with E-state index in [9.17, 15) is 9.59 Å². The van der Waals surface area contributed by atoms with Crippen LogP contribution in [0, 0.1) is 0 Å². The second kappa shape index (κ2) is 10.6. The zero-order valence-electron chi connectivity index (χ0n) is 15.4. The van der Waals surface area contributed by atoms with Gasteiger partial charge < -0.3 is 25.4 Å². The summed E-state index contributed by atoms with van der Waals surface area (Å²) in [6, 6.07) is 8.60. The van der Waals surface area contributed by atoms with Gasteiger partial charge in [0.05, 0.1) is 37.1 Å². The smallest absolute Gasteiger partial charge is 0.338 e. The lowest BCUT2D eigenvalue weighted by molar-refractivity contribution is -0.648. The van der Waals surface area contributed by atoms with E-state index < -0.39 is 12.0 Å². The molecule has 0 saturated carbocycles. The molecule has 7 heteroatoms. The van der Waals surface area contributed by atoms with Crippen molar-refractivity contribution < 1.29 is 24.4 Å². The van der Waals surface area contributed by atoms with Gasteiger partial charge in [0.25, 0.3) is 0 Å². The number of carbonyl (C=O) groups is 2. The van der Waals surface area contributed by atoms with Crippen molar-refractivity contribution in [3.05, 3.63) is 47.2 Å². The third-order valence-electron chi connectivity index (χ3n) is 4.03. The molecule has 1 atom stereocenters. The fourth-order valence-electron chi connectivity index (χ4n) is 2.84. The van der Waals surface area contributed by atoms with Crippen molar-refractivity contribution in [2.24, 2.45) is 0 Å². The molecule has 0 aliphatic carbocycles. The van der Waals surface area contributed by atoms with Crippen LogP contribution in [0.15, 0.2) is 41.6 Å². The molecule has 1 aromatic rings. The molecular formula is C19H28N3O4+. The number of benzene rings is 1. The first-order valence-electron chi connectivity index (χ1n) is 9.09. The van der Waals surface area contributed by atoms with Crippen LogP contribution >= 0.6 is 0 Å². The van der Waals surface area contributed by atoms with E-state index in [4.69, 9.17) is 9.47 Å². The van der Waals surface area contributed by atoms with E-state index in [2.05, 4.69) is 16.0 Å². The number of hydrogen-bond acceptors (Lipinski definition) is 4. The van der Waals surface area contributed by atoms with Crippen LogP contribution in [-0.4, -0.2) is 44.9 Å². The zero-order chi connectivity index (χ0) is 18.8. The molecule has 0 spiro atoms. The van der Waals surface area contributed by atoms with Crippen LogP contribution < -0.4 is 16.0 Å². The van der Waals surface area contributed by atoms with Crippen molar-refractivity contribution in [2.45, 2.75) is 26.3 Å². The summed E-state index contributed by atoms with van der Waals surface area (Å²) < 4.78 is 10.6. The first-order chi connectivity index (χ1) is 12.7. The lowest BCUT2D eigenvalue weighted by atomic mass is 9.95. The number of esters is 1. The van der Waals surface area contributed by atoms with E-state index in [1.54, 1.807) is 6.92 Å². The Morgan fingerprint density at radius 2 is 1.96 bits per heavy atom. The van der Waals surface area contributed by atoms with Gasteiger partial charge >= 0.3 is 12.0 Å². The number of amides is 2. The topological polar surface area (TPSA) is 93.3 Å². The van der Waals surface area contributed by atoms with Crippen LogP contribution in [0.5, 0.6) is 0 Å². The van der Waals surface area contributed by atoms with Crippen LogP contribution in [0.1, 0.15) is 31.9 Å². The minimum atomic E-state index is -0.518. The summed E-state index contributed by atoms with van der Waals surface area (Å²) in [5.41, 5.74) is 1.90. The summed E-state index contributed by atoms with van der Waals surface area (Å²) in [5, 5.41) is 7.66. The number of hydrogen-bond donors (Lipinski definition) is 3. The van der Waals surface area contributed by atoms with Gasteiger partial charge in [-0.2, -0.15) is 0 Å². The van der Waals surface area contributed by atoms with Crippen LogP contribution in [0.2, 0.25) is 0 Å². The van der Waals surface area contributed by atoms with Crippen LogP contribution in [0.4, 0.5) is 4.79 Å². The largest absolute Gasteiger partial charge is 0.463 e. The van der Waals surface area contributed by atoms with E-state index in [1.165, 1.54) is 0 Å². The molecular weight excluding hydrogens is 334 g/mol. The quantitative estimate of drug-likeness (QED) is 0.425. The Kier molecular flexibility index (Phi) is 8.11. The first kappa shape index (κ1) is 19.9. The Labute approximate surface area is 154 Å². The highest BCUT2D eigenvalue weighted by Gasteiger charge is 2.34. The molecule has 0 saturated heterocycles. The van der Waals surface area contributed by atoms with Crippen molar-refractivity contribution in [3.8, 4) is 0 Å². The number of urea groups is 1. The van der Waals surface area contributed by atoms with Crippen molar-refractivity contribution in [2.75, 3.05) is 32.9 Å². The summed E-state index contributed by atoms with van der Waals surface area (Å²) >= 11 is 0. The summed E-state index contributed by atoms with van der Waals surface area (Å²) in [7, 11) is 0. The number of carbonyl (C=O) groups excluding carboxylic acids is 2. The molecule has 2 amide bonds. The fourth-order valence-corrected chi connectivity index (χ4v) is 2.84. The average molecular weight is 362 g/mol. The number of ether oxygens (including phenoxy) is 2. The lowest BCUT2D eigenvalue weighted by Crippen LogP contribution is -2.85. The first-order valence-corrected chi connectivity index (χ1v) is 9.09. The molecule has 0 unspecified atom stereocenters. The maximum atomic E-state index is 12.6. The average Bonchev–Trinajstić information content (AvgIpc) is 2.65. The highest BCUT2D eigenvalue weighted by molar-refractivity contribution is 5.95. The van der Waals surface area contributed by atoms with Crippen molar-refractivity contribution >= 4 is 12.0 Å². The molecule has 0 aromatic heterocycles. The molecule has 1 aliphatic heterocycles. The summed E-state index contributed by atoms with van der Waals surface area (Å²) in [4.78, 5) is 24.7. The number of rotatable bonds is 10. The van der Waals surface area contributed by atoms with Gasteiger partial charge in [0.1, 0.15) is 6.54 Å². The zero-order valence-corrected chi connectivity index (χ0v) is 15.4. The van der Waals surface area contributed by atoms with Crippen molar-refractivity contribution in [1.29, 1.82) is 0 Å². The molecule has 7 nitrogen and oxygen atoms in total. The second-order valence-corrected chi connectivity index (χ2v) is 5.89. The monoisotopic (exact) mass is 362 g/mol. The molecule has 0 radical (unpaired) electrons. The Bertz CT molecular complexity index is 631. The Hall–Kier alpha value is -2.38. The molecule has 1 aromatic carbocycles. The van der Waals surface area contributed by atoms with Gasteiger partial charge in [0.2, 0.25) is 0 Å². The molecule has 4 N–H and O–H groups in total. The van der Waals surface area contributed by atoms with E-state index in [-0.39, 0.29) is 12.6 Å². The number of nitrogens with two attached hydrogens (primary N) is 1. The molecule has 0 bridgehead atoms. The van der Waals surface area contributed by atoms with Gasteiger partial charge in [-0.1, -0.05) is 30.3 Å². The highest BCUT2D eigenvalue weighted by atomic mass is 16.5. The summed E-state index contributed by atoms with van der Waals surface area (Å²) in [6.45, 7) is 6.77. The molecule has 1 aliphatic rings. The third kappa shape index (κ3) is 5.57. The maximum absolute atomic E-state index is 12.6. The van der Waals surface area contributed by atoms with Gasteiger partial charge in [-0.3, -0.25) is 0 Å². The molecule has 2 rings (SSSR count). The van der Waals surface area contributed by atoms with E-state index in [0.29, 0.717) is 31.0 Å². The normalized spacial score (nSPS) is 16.8. The highest BCUT2D eigenvalue weighted by Crippen LogP contribution is 2.27. The third-order valence-corrected chi connectivity index (χ3v) is 4.03. The predicted molar refractivity (Wildman–Crippen MR) is 97.3 cm³/mol. The van der Waals surface area contributed by atoms with Gasteiger partial charge in [-0.15, -0.1) is 0 Å². The Morgan fingerprint density at radius 3 is 2.65 bits per heavy atom. The van der Waals surface area contributed by atoms with Crippen molar-refractivity contribution in [1.82, 2.24) is 10.6 Å². The summed E-state index contributed by atoms with van der Waals surface area (Å²) in [5.74, 6) is -0.411. The van der Waals surface area contributed by atoms with Gasteiger partial charge in [0.15, 0.2) is 0 Å². The molecule has 1 heterocycles. The predicted octanol–water partition coefficient (Wildman–Crippen LogP) is 0.848. The Balaban J connectivity index is 2.18. The molecule has 26 heavy (non-hydrogen) atoms. The van der Waals surface area contributed by atoms with Crippen LogP contribution in [0.25, 0.3) is 0 Å². The number of nitrogens with one attached hydrogen (secondary N) is 2. The lowest BCUT2D eigenvalue weighted by Gasteiger charge is -2.28. The van der Waals surface area contributed by atoms with Gasteiger partial charge in [-0.25, -0.2) is 9.59 Å². The van der Waals surface area contributed by atoms with Crippen molar-refractivity contribution in [3.63, 3.8) is 0 Å². The van der Waals surface area contributed by atoms with Gasteiger partial charge in [-0.05, 0) is 19.4 Å². The van der Waals surface area contributed by atoms with E-state index >= 15 is 0 Å². The summed E-state index contributed by atoms with van der Waals surface area (Å²) in [6.07, 6.45) is 0.907. The molecule has 142 valence electrons. The SMILES string of the molecule is CCOCCC[NH2+]CC1=C(C(=O)OCC)[C@H](c2ccccc2)NC(=O)N1. The minimum absolute atomic E-state index is 0.281. The molecule has 0 fully saturated rings. The van der Waals surface area contributed by atoms with Gasteiger partial charge in [0, 0.05) is 13.0 Å². The van der Waals surface area contributed by atoms with Crippen LogP contribution in [-0.2, 0) is 14.3 Å². The minimum Gasteiger partial charge on any atom is -0.463 e. The fraction of sp³-hybridized carbons (Fsp3) is 0.474. The van der Waals surface area contributed by atoms with E-state index in [1.807, 2.05) is 37.3 Å². The number of quaternary nitrogens is 1. The van der Waals surface area contributed by atoms with E-state index in [0.717, 1.165) is 18.5 Å². The second-order valence-electron chi connectivity index (χ2n) is 5.89. The maximum Gasteiger partial charge on any atom is 0.338 e. The van der Waals surface area contributed by atoms with Crippen LogP contribution in [0.3, 0.4) is 0 Å². The standard InChI is InChI=1S/C19H27N3O4/c1-3-25-12-8-11-20-13-15-16(18(23)26-4-2)17(22-19(24)21-15)14-9-6-5-7-10-14/h5-7,9-10,17,20H,3-4,8,11-13H2,1-2H3,(H2,21,22,24)/p+1/t17-/m0/s1. The Morgan fingerprint density at radius 1 is 1.19 bits per heavy atom.